The number of unbranched alkanes of at least 4 members (excludes halogenated alkanes) is 4. The highest BCUT2D eigenvalue weighted by molar-refractivity contribution is 7.22. The molecule has 0 saturated carbocycles. The van der Waals surface area contributed by atoms with E-state index >= 15 is 0 Å². The summed E-state index contributed by atoms with van der Waals surface area (Å²) in [6.07, 6.45) is 10.2. The Morgan fingerprint density at radius 3 is 2.04 bits per heavy atom. The standard InChI is InChI=1S/C43H53NO8S/c1-43(2,3)52-42(46)44-25-9-5-4-6-10-26-47-32-19-15-30(16-20-32)40(45)39-35-24-23-34(51-38-14-8-12-28-49-38)29-36(35)53-41(39)31-17-21-33(22-18-31)50-37-13-7-11-27-48-37/h15-24,29,37-38H,4-14,25-28H2,1-3H3,(H,44,46). The van der Waals surface area contributed by atoms with E-state index in [1.54, 1.807) is 11.3 Å². The summed E-state index contributed by atoms with van der Waals surface area (Å²) in [6, 6.07) is 21.3. The second-order valence-corrected chi connectivity index (χ2v) is 15.8. The SMILES string of the molecule is CC(C)(C)OC(=O)NCCCCCCCOc1ccc(C(=O)c2c(-c3ccc(OC4CCCCO4)cc3)sc3cc(OC4CCCCO4)ccc23)cc1. The highest BCUT2D eigenvalue weighted by Crippen LogP contribution is 2.42. The number of hydrogen-bond acceptors (Lipinski definition) is 9. The van der Waals surface area contributed by atoms with Crippen LogP contribution >= 0.6 is 11.3 Å². The molecule has 10 heteroatoms. The van der Waals surface area contributed by atoms with Crippen LogP contribution in [0.1, 0.15) is 107 Å². The molecule has 2 aliphatic heterocycles. The van der Waals surface area contributed by atoms with Crippen molar-refractivity contribution in [2.24, 2.45) is 0 Å². The van der Waals surface area contributed by atoms with Crippen LogP contribution in [0.15, 0.2) is 66.7 Å². The van der Waals surface area contributed by atoms with Crippen molar-refractivity contribution in [3.8, 4) is 27.7 Å². The molecule has 0 aliphatic carbocycles. The van der Waals surface area contributed by atoms with Crippen molar-refractivity contribution in [3.05, 3.63) is 77.9 Å². The van der Waals surface area contributed by atoms with Gasteiger partial charge in [-0.2, -0.15) is 0 Å². The third kappa shape index (κ3) is 11.4. The summed E-state index contributed by atoms with van der Waals surface area (Å²) in [5.41, 5.74) is 1.74. The molecule has 2 unspecified atom stereocenters. The van der Waals surface area contributed by atoms with E-state index in [0.29, 0.717) is 30.9 Å². The van der Waals surface area contributed by atoms with Crippen molar-refractivity contribution in [1.82, 2.24) is 5.32 Å². The van der Waals surface area contributed by atoms with E-state index < -0.39 is 5.60 Å². The average Bonchev–Trinajstić information content (AvgIpc) is 3.53. The number of carbonyl (C=O) groups is 2. The number of rotatable bonds is 16. The van der Waals surface area contributed by atoms with Crippen LogP contribution in [0.25, 0.3) is 20.5 Å². The van der Waals surface area contributed by atoms with Crippen molar-refractivity contribution in [3.63, 3.8) is 0 Å². The molecule has 1 amide bonds. The van der Waals surface area contributed by atoms with Crippen LogP contribution in [0.4, 0.5) is 4.79 Å². The summed E-state index contributed by atoms with van der Waals surface area (Å²) in [6.45, 7) is 8.22. The van der Waals surface area contributed by atoms with Gasteiger partial charge in [0.2, 0.25) is 0 Å². The molecule has 4 aromatic rings. The Hall–Kier alpha value is -4.12. The van der Waals surface area contributed by atoms with Gasteiger partial charge in [-0.1, -0.05) is 19.3 Å². The fourth-order valence-electron chi connectivity index (χ4n) is 6.47. The number of hydrogen-bond donors (Lipinski definition) is 1. The highest BCUT2D eigenvalue weighted by atomic mass is 32.1. The monoisotopic (exact) mass is 743 g/mol. The minimum Gasteiger partial charge on any atom is -0.494 e. The van der Waals surface area contributed by atoms with Gasteiger partial charge >= 0.3 is 6.09 Å². The second-order valence-electron chi connectivity index (χ2n) is 14.7. The van der Waals surface area contributed by atoms with Gasteiger partial charge < -0.3 is 33.7 Å². The fraction of sp³-hybridized carbons (Fsp3) is 0.488. The van der Waals surface area contributed by atoms with Gasteiger partial charge in [0.05, 0.1) is 19.8 Å². The maximum absolute atomic E-state index is 14.3. The van der Waals surface area contributed by atoms with Gasteiger partial charge in [0.15, 0.2) is 18.4 Å². The first-order chi connectivity index (χ1) is 25.7. The van der Waals surface area contributed by atoms with Crippen LogP contribution in [0, 0.1) is 0 Å². The zero-order chi connectivity index (χ0) is 37.0. The van der Waals surface area contributed by atoms with Crippen molar-refractivity contribution < 1.29 is 38.0 Å². The Labute approximate surface area is 317 Å². The zero-order valence-electron chi connectivity index (χ0n) is 31.3. The van der Waals surface area contributed by atoms with E-state index in [1.807, 2.05) is 87.5 Å². The summed E-state index contributed by atoms with van der Waals surface area (Å²) < 4.78 is 36.1. The smallest absolute Gasteiger partial charge is 0.407 e. The Balaban J connectivity index is 1.08. The lowest BCUT2D eigenvalue weighted by molar-refractivity contribution is -0.106. The Morgan fingerprint density at radius 1 is 0.755 bits per heavy atom. The largest absolute Gasteiger partial charge is 0.494 e. The fourth-order valence-corrected chi connectivity index (χ4v) is 7.71. The lowest BCUT2D eigenvalue weighted by Gasteiger charge is -2.23. The predicted octanol–water partition coefficient (Wildman–Crippen LogP) is 10.5. The van der Waals surface area contributed by atoms with Gasteiger partial charge in [-0.05, 0) is 132 Å². The molecule has 2 saturated heterocycles. The molecular weight excluding hydrogens is 691 g/mol. The second kappa shape index (κ2) is 18.8. The Bertz CT molecular complexity index is 1770. The minimum atomic E-state index is -0.484. The van der Waals surface area contributed by atoms with Gasteiger partial charge in [-0.3, -0.25) is 4.79 Å². The Morgan fingerprint density at radius 2 is 1.38 bits per heavy atom. The molecule has 2 aliphatic rings. The van der Waals surface area contributed by atoms with Crippen LogP contribution in [-0.2, 0) is 14.2 Å². The zero-order valence-corrected chi connectivity index (χ0v) is 32.1. The van der Waals surface area contributed by atoms with Crippen molar-refractivity contribution >= 4 is 33.3 Å². The summed E-state index contributed by atoms with van der Waals surface area (Å²) >= 11 is 1.59. The van der Waals surface area contributed by atoms with Gasteiger partial charge in [-0.25, -0.2) is 4.79 Å². The predicted molar refractivity (Wildman–Crippen MR) is 208 cm³/mol. The number of benzene rings is 3. The third-order valence-electron chi connectivity index (χ3n) is 9.19. The molecule has 0 spiro atoms. The first kappa shape index (κ1) is 38.6. The van der Waals surface area contributed by atoms with Crippen molar-refractivity contribution in [2.75, 3.05) is 26.4 Å². The van der Waals surface area contributed by atoms with Gasteiger partial charge in [-0.15, -0.1) is 11.3 Å². The molecule has 2 atom stereocenters. The third-order valence-corrected chi connectivity index (χ3v) is 10.4. The molecule has 3 heterocycles. The van der Waals surface area contributed by atoms with E-state index in [4.69, 9.17) is 28.4 Å². The first-order valence-corrected chi connectivity index (χ1v) is 20.0. The molecule has 284 valence electrons. The van der Waals surface area contributed by atoms with Crippen LogP contribution in [0.2, 0.25) is 0 Å². The molecular formula is C43H53NO8S. The van der Waals surface area contributed by atoms with E-state index in [2.05, 4.69) is 5.32 Å². The molecule has 0 bridgehead atoms. The molecule has 9 nitrogen and oxygen atoms in total. The number of thiophene rings is 1. The number of nitrogens with one attached hydrogen (secondary N) is 1. The number of fused-ring (bicyclic) bond motifs is 1. The maximum atomic E-state index is 14.3. The number of ketones is 1. The molecule has 6 rings (SSSR count). The number of ether oxygens (including phenoxy) is 6. The van der Waals surface area contributed by atoms with Crippen LogP contribution in [0.5, 0.6) is 17.2 Å². The summed E-state index contributed by atoms with van der Waals surface area (Å²) in [5.74, 6) is 2.19. The van der Waals surface area contributed by atoms with E-state index in [-0.39, 0.29) is 24.5 Å². The topological polar surface area (TPSA) is 102 Å². The van der Waals surface area contributed by atoms with Gasteiger partial charge in [0, 0.05) is 45.5 Å². The van der Waals surface area contributed by atoms with Crippen molar-refractivity contribution in [2.45, 2.75) is 110 Å². The van der Waals surface area contributed by atoms with E-state index in [0.717, 1.165) is 115 Å². The van der Waals surface area contributed by atoms with Crippen molar-refractivity contribution in [1.29, 1.82) is 0 Å². The van der Waals surface area contributed by atoms with E-state index in [9.17, 15) is 9.59 Å². The molecule has 1 N–H and O–H groups in total. The molecule has 0 radical (unpaired) electrons. The summed E-state index contributed by atoms with van der Waals surface area (Å²) in [7, 11) is 0. The molecule has 3 aromatic carbocycles. The van der Waals surface area contributed by atoms with Gasteiger partial charge in [0.1, 0.15) is 22.8 Å². The lowest BCUT2D eigenvalue weighted by atomic mass is 9.97. The van der Waals surface area contributed by atoms with E-state index in [1.165, 1.54) is 0 Å². The lowest BCUT2D eigenvalue weighted by Crippen LogP contribution is -2.32. The molecule has 2 fully saturated rings. The van der Waals surface area contributed by atoms with Crippen LogP contribution in [-0.4, -0.2) is 56.4 Å². The van der Waals surface area contributed by atoms with Gasteiger partial charge in [0.25, 0.3) is 0 Å². The number of alkyl carbamates (subject to hydrolysis) is 1. The number of carbonyl (C=O) groups excluding carboxylic acids is 2. The maximum Gasteiger partial charge on any atom is 0.407 e. The minimum absolute atomic E-state index is 0.0424. The first-order valence-electron chi connectivity index (χ1n) is 19.2. The summed E-state index contributed by atoms with van der Waals surface area (Å²) in [5, 5.41) is 3.70. The molecule has 53 heavy (non-hydrogen) atoms. The van der Waals surface area contributed by atoms with Crippen LogP contribution < -0.4 is 19.5 Å². The average molecular weight is 744 g/mol. The molecule has 1 aromatic heterocycles. The summed E-state index contributed by atoms with van der Waals surface area (Å²) in [4.78, 5) is 27.0. The normalized spacial score (nSPS) is 17.6. The quantitative estimate of drug-likeness (QED) is 0.0894. The van der Waals surface area contributed by atoms with Crippen LogP contribution in [0.3, 0.4) is 0 Å². The number of amides is 1. The highest BCUT2D eigenvalue weighted by Gasteiger charge is 2.24. The Kier molecular flexibility index (Phi) is 13.7.